The van der Waals surface area contributed by atoms with Crippen LogP contribution in [0, 0.1) is 5.82 Å². The molecule has 0 saturated carbocycles. The molecule has 0 bridgehead atoms. The summed E-state index contributed by atoms with van der Waals surface area (Å²) in [6, 6.07) is 7.47. The van der Waals surface area contributed by atoms with Gasteiger partial charge in [0, 0.05) is 5.69 Å². The minimum absolute atomic E-state index is 0.0503. The van der Waals surface area contributed by atoms with Gasteiger partial charge in [0.1, 0.15) is 22.8 Å². The minimum Gasteiger partial charge on any atom is -0.404 e. The number of benzene rings is 2. The van der Waals surface area contributed by atoms with Crippen LogP contribution < -0.4 is 9.46 Å². The van der Waals surface area contributed by atoms with Crippen molar-refractivity contribution in [2.24, 2.45) is 0 Å². The Bertz CT molecular complexity index is 1050. The fourth-order valence-corrected chi connectivity index (χ4v) is 3.38. The largest absolute Gasteiger partial charge is 0.573 e. The number of alkyl halides is 3. The molecule has 0 radical (unpaired) electrons. The third kappa shape index (κ3) is 4.34. The van der Waals surface area contributed by atoms with Gasteiger partial charge in [0.05, 0.1) is 5.56 Å². The molecule has 0 spiro atoms. The van der Waals surface area contributed by atoms with E-state index in [9.17, 15) is 26.0 Å². The van der Waals surface area contributed by atoms with Crippen molar-refractivity contribution in [1.29, 1.82) is 0 Å². The predicted octanol–water partition coefficient (Wildman–Crippen LogP) is 3.31. The summed E-state index contributed by atoms with van der Waals surface area (Å²) in [5.41, 5.74) is -0.169. The van der Waals surface area contributed by atoms with E-state index >= 15 is 0 Å². The second-order valence-electron chi connectivity index (χ2n) is 5.13. The third-order valence-electron chi connectivity index (χ3n) is 3.25. The van der Waals surface area contributed by atoms with Crippen molar-refractivity contribution in [3.05, 3.63) is 54.6 Å². The number of aromatic nitrogens is 3. The first-order valence-corrected chi connectivity index (χ1v) is 8.67. The Morgan fingerprint density at radius 3 is 2.52 bits per heavy atom. The zero-order valence-electron chi connectivity index (χ0n) is 13.2. The van der Waals surface area contributed by atoms with E-state index in [1.807, 2.05) is 0 Å². The molecule has 3 rings (SSSR count). The van der Waals surface area contributed by atoms with Crippen LogP contribution in [0.15, 0.2) is 53.7 Å². The van der Waals surface area contributed by atoms with Gasteiger partial charge >= 0.3 is 6.36 Å². The van der Waals surface area contributed by atoms with Gasteiger partial charge in [-0.3, -0.25) is 9.82 Å². The SMILES string of the molecule is O=S(=O)(Nc1ccc(F)c(-c2ncn[nH]2)c1)c1ccccc1OC(F)(F)F. The second-order valence-corrected chi connectivity index (χ2v) is 6.78. The topological polar surface area (TPSA) is 97.0 Å². The van der Waals surface area contributed by atoms with Crippen molar-refractivity contribution in [3.8, 4) is 17.1 Å². The van der Waals surface area contributed by atoms with Crippen LogP contribution in [0.5, 0.6) is 5.75 Å². The lowest BCUT2D eigenvalue weighted by Gasteiger charge is -2.14. The summed E-state index contributed by atoms with van der Waals surface area (Å²) >= 11 is 0. The molecule has 12 heteroatoms. The quantitative estimate of drug-likeness (QED) is 0.639. The van der Waals surface area contributed by atoms with Gasteiger partial charge in [-0.25, -0.2) is 17.8 Å². The molecule has 2 aromatic carbocycles. The standard InChI is InChI=1S/C15H10F4N4O3S/c16-11-6-5-9(7-10(11)14-20-8-21-22-14)23-27(24,25)13-4-2-1-3-12(13)26-15(17,18)19/h1-8,23H,(H,20,21,22). The summed E-state index contributed by atoms with van der Waals surface area (Å²) in [5, 5.41) is 6.00. The molecule has 0 aliphatic carbocycles. The second kappa shape index (κ2) is 6.87. The number of para-hydroxylation sites is 1. The first-order valence-electron chi connectivity index (χ1n) is 7.18. The van der Waals surface area contributed by atoms with E-state index in [0.717, 1.165) is 36.7 Å². The van der Waals surface area contributed by atoms with Crippen LogP contribution in [0.2, 0.25) is 0 Å². The van der Waals surface area contributed by atoms with Gasteiger partial charge in [-0.15, -0.1) is 13.2 Å². The van der Waals surface area contributed by atoms with E-state index in [-0.39, 0.29) is 17.1 Å². The molecule has 3 aromatic rings. The molecule has 0 atom stereocenters. The highest BCUT2D eigenvalue weighted by atomic mass is 32.2. The Labute approximate surface area is 150 Å². The molecule has 0 amide bonds. The molecular weight excluding hydrogens is 392 g/mol. The minimum atomic E-state index is -5.07. The monoisotopic (exact) mass is 402 g/mol. The summed E-state index contributed by atoms with van der Waals surface area (Å²) in [7, 11) is -4.46. The van der Waals surface area contributed by atoms with Crippen molar-refractivity contribution in [2.45, 2.75) is 11.3 Å². The fourth-order valence-electron chi connectivity index (χ4n) is 2.20. The summed E-state index contributed by atoms with van der Waals surface area (Å²) in [6.07, 6.45) is -3.93. The highest BCUT2D eigenvalue weighted by Crippen LogP contribution is 2.31. The summed E-state index contributed by atoms with van der Waals surface area (Å²) in [5.74, 6) is -1.54. The fraction of sp³-hybridized carbons (Fsp3) is 0.0667. The van der Waals surface area contributed by atoms with E-state index in [4.69, 9.17) is 0 Å². The van der Waals surface area contributed by atoms with Gasteiger partial charge in [-0.2, -0.15) is 5.10 Å². The summed E-state index contributed by atoms with van der Waals surface area (Å²) in [6.45, 7) is 0. The highest BCUT2D eigenvalue weighted by molar-refractivity contribution is 7.92. The van der Waals surface area contributed by atoms with Crippen molar-refractivity contribution >= 4 is 15.7 Å². The van der Waals surface area contributed by atoms with Crippen LogP contribution in [0.1, 0.15) is 0 Å². The van der Waals surface area contributed by atoms with E-state index in [1.54, 1.807) is 0 Å². The maximum Gasteiger partial charge on any atom is 0.573 e. The number of halogens is 4. The molecule has 1 heterocycles. The Kier molecular flexibility index (Phi) is 4.74. The number of aromatic amines is 1. The van der Waals surface area contributed by atoms with Gasteiger partial charge in [-0.1, -0.05) is 12.1 Å². The van der Waals surface area contributed by atoms with Crippen molar-refractivity contribution in [3.63, 3.8) is 0 Å². The van der Waals surface area contributed by atoms with Crippen LogP contribution in [0.3, 0.4) is 0 Å². The molecule has 0 saturated heterocycles. The van der Waals surface area contributed by atoms with Crippen molar-refractivity contribution in [1.82, 2.24) is 15.2 Å². The molecule has 2 N–H and O–H groups in total. The number of hydrogen-bond donors (Lipinski definition) is 2. The number of nitrogens with one attached hydrogen (secondary N) is 2. The summed E-state index contributed by atoms with van der Waals surface area (Å²) in [4.78, 5) is 3.04. The van der Waals surface area contributed by atoms with Gasteiger partial charge in [0.2, 0.25) is 0 Å². The average molecular weight is 402 g/mol. The van der Waals surface area contributed by atoms with Crippen molar-refractivity contribution in [2.75, 3.05) is 4.72 Å². The molecule has 142 valence electrons. The van der Waals surface area contributed by atoms with E-state index in [2.05, 4.69) is 24.6 Å². The molecular formula is C15H10F4N4O3S. The lowest BCUT2D eigenvalue weighted by atomic mass is 10.2. The Hall–Kier alpha value is -3.15. The van der Waals surface area contributed by atoms with Crippen molar-refractivity contribution < 1.29 is 30.7 Å². The maximum absolute atomic E-state index is 13.9. The number of ether oxygens (including phenoxy) is 1. The Morgan fingerprint density at radius 1 is 1.11 bits per heavy atom. The van der Waals surface area contributed by atoms with Crippen LogP contribution in [-0.2, 0) is 10.0 Å². The number of nitrogens with zero attached hydrogens (tertiary/aromatic N) is 2. The van der Waals surface area contributed by atoms with E-state index in [1.165, 1.54) is 12.1 Å². The molecule has 27 heavy (non-hydrogen) atoms. The lowest BCUT2D eigenvalue weighted by Crippen LogP contribution is -2.20. The number of H-pyrrole nitrogens is 1. The van der Waals surface area contributed by atoms with Gasteiger partial charge < -0.3 is 4.74 Å². The van der Waals surface area contributed by atoms with Gasteiger partial charge in [0.15, 0.2) is 5.82 Å². The molecule has 0 aliphatic rings. The van der Waals surface area contributed by atoms with Gasteiger partial charge in [0.25, 0.3) is 10.0 Å². The number of anilines is 1. The zero-order chi connectivity index (χ0) is 19.7. The normalized spacial score (nSPS) is 12.0. The maximum atomic E-state index is 13.9. The van der Waals surface area contributed by atoms with Crippen LogP contribution >= 0.6 is 0 Å². The number of sulfonamides is 1. The molecule has 0 aliphatic heterocycles. The highest BCUT2D eigenvalue weighted by Gasteiger charge is 2.34. The molecule has 7 nitrogen and oxygen atoms in total. The van der Waals surface area contributed by atoms with E-state index < -0.39 is 32.8 Å². The lowest BCUT2D eigenvalue weighted by molar-refractivity contribution is -0.275. The van der Waals surface area contributed by atoms with Crippen LogP contribution in [-0.4, -0.2) is 30.0 Å². The first kappa shape index (κ1) is 18.6. The van der Waals surface area contributed by atoms with Gasteiger partial charge in [-0.05, 0) is 30.3 Å². The average Bonchev–Trinajstić information content (AvgIpc) is 3.09. The summed E-state index contributed by atoms with van der Waals surface area (Å²) < 4.78 is 82.3. The Balaban J connectivity index is 1.96. The van der Waals surface area contributed by atoms with E-state index in [0.29, 0.717) is 0 Å². The smallest absolute Gasteiger partial charge is 0.404 e. The third-order valence-corrected chi connectivity index (χ3v) is 4.67. The molecule has 1 aromatic heterocycles. The zero-order valence-corrected chi connectivity index (χ0v) is 14.0. The Morgan fingerprint density at radius 2 is 1.85 bits per heavy atom. The first-order chi connectivity index (χ1) is 12.7. The van der Waals surface area contributed by atoms with Crippen LogP contribution in [0.4, 0.5) is 23.2 Å². The molecule has 0 unspecified atom stereocenters. The van der Waals surface area contributed by atoms with Crippen LogP contribution in [0.25, 0.3) is 11.4 Å². The number of hydrogen-bond acceptors (Lipinski definition) is 5. The predicted molar refractivity (Wildman–Crippen MR) is 85.7 cm³/mol. The molecule has 0 fully saturated rings. The number of rotatable bonds is 5.